The molecule has 136 valence electrons. The Balaban J connectivity index is 2.07. The van der Waals surface area contributed by atoms with Gasteiger partial charge in [-0.15, -0.1) is 0 Å². The van der Waals surface area contributed by atoms with E-state index in [1.54, 1.807) is 0 Å². The lowest BCUT2D eigenvalue weighted by Gasteiger charge is -2.20. The molecule has 1 amide bonds. The van der Waals surface area contributed by atoms with Crippen molar-refractivity contribution in [2.45, 2.75) is 46.7 Å². The molecule has 0 saturated carbocycles. The monoisotopic (exact) mass is 406 g/mol. The number of aromatic nitrogens is 2. The van der Waals surface area contributed by atoms with Crippen molar-refractivity contribution in [1.29, 1.82) is 0 Å². The van der Waals surface area contributed by atoms with Gasteiger partial charge in [0, 0.05) is 13.1 Å². The van der Waals surface area contributed by atoms with Crippen LogP contribution in [0.3, 0.4) is 0 Å². The van der Waals surface area contributed by atoms with E-state index in [0.717, 1.165) is 35.4 Å². The fourth-order valence-corrected chi connectivity index (χ4v) is 3.52. The van der Waals surface area contributed by atoms with Crippen molar-refractivity contribution < 1.29 is 4.79 Å². The summed E-state index contributed by atoms with van der Waals surface area (Å²) in [5.74, 6) is 0.103. The van der Waals surface area contributed by atoms with Crippen LogP contribution in [0.5, 0.6) is 0 Å². The van der Waals surface area contributed by atoms with Gasteiger partial charge in [0.25, 0.3) is 5.91 Å². The summed E-state index contributed by atoms with van der Waals surface area (Å²) in [5.41, 5.74) is 3.73. The van der Waals surface area contributed by atoms with Crippen LogP contribution in [0.2, 0.25) is 0 Å². The van der Waals surface area contributed by atoms with Gasteiger partial charge in [-0.1, -0.05) is 52.0 Å². The Bertz CT molecular complexity index is 707. The molecule has 1 aromatic heterocycles. The van der Waals surface area contributed by atoms with Crippen LogP contribution in [0, 0.1) is 0 Å². The van der Waals surface area contributed by atoms with Gasteiger partial charge in [0.1, 0.15) is 0 Å². The van der Waals surface area contributed by atoms with Crippen molar-refractivity contribution in [2.75, 3.05) is 13.1 Å². The Kier molecular flexibility index (Phi) is 7.20. The third-order valence-electron chi connectivity index (χ3n) is 4.37. The molecule has 2 aromatic rings. The third-order valence-corrected chi connectivity index (χ3v) is 5.17. The number of nitrogens with zero attached hydrogens (tertiary/aromatic N) is 2. The van der Waals surface area contributed by atoms with Gasteiger partial charge in [0.05, 0.1) is 10.2 Å². The number of rotatable bonds is 8. The van der Waals surface area contributed by atoms with Gasteiger partial charge in [0.2, 0.25) is 0 Å². The summed E-state index contributed by atoms with van der Waals surface area (Å²) < 4.78 is 0.747. The van der Waals surface area contributed by atoms with E-state index >= 15 is 0 Å². The van der Waals surface area contributed by atoms with Crippen molar-refractivity contribution in [2.24, 2.45) is 0 Å². The molecule has 5 nitrogen and oxygen atoms in total. The summed E-state index contributed by atoms with van der Waals surface area (Å²) in [6, 6.07) is 8.25. The molecule has 6 heteroatoms. The number of benzene rings is 1. The quantitative estimate of drug-likeness (QED) is 0.694. The van der Waals surface area contributed by atoms with E-state index in [4.69, 9.17) is 0 Å². The van der Waals surface area contributed by atoms with E-state index in [0.29, 0.717) is 12.2 Å². The lowest BCUT2D eigenvalue weighted by Crippen LogP contribution is -2.26. The molecule has 0 atom stereocenters. The van der Waals surface area contributed by atoms with Crippen LogP contribution in [0.4, 0.5) is 0 Å². The van der Waals surface area contributed by atoms with Gasteiger partial charge in [0.15, 0.2) is 5.69 Å². The molecule has 0 aliphatic carbocycles. The minimum Gasteiger partial charge on any atom is -0.347 e. The number of carbonyl (C=O) groups excluding carboxylic acids is 1. The molecule has 0 fully saturated rings. The van der Waals surface area contributed by atoms with Crippen molar-refractivity contribution in [3.63, 3.8) is 0 Å². The highest BCUT2D eigenvalue weighted by atomic mass is 79.9. The lowest BCUT2D eigenvalue weighted by atomic mass is 10.1. The maximum absolute atomic E-state index is 12.5. The second-order valence-corrected chi connectivity index (χ2v) is 7.16. The van der Waals surface area contributed by atoms with Gasteiger partial charge in [-0.3, -0.25) is 14.8 Å². The number of H-pyrrole nitrogens is 1. The molecular formula is C19H27BrN4O. The number of hydrogen-bond acceptors (Lipinski definition) is 3. The molecule has 0 radical (unpaired) electrons. The predicted octanol–water partition coefficient (Wildman–Crippen LogP) is 4.07. The first-order valence-corrected chi connectivity index (χ1v) is 9.58. The smallest absolute Gasteiger partial charge is 0.273 e. The van der Waals surface area contributed by atoms with E-state index in [2.05, 4.69) is 76.2 Å². The summed E-state index contributed by atoms with van der Waals surface area (Å²) >= 11 is 3.48. The number of nitrogens with one attached hydrogen (secondary N) is 2. The highest BCUT2D eigenvalue weighted by Crippen LogP contribution is 2.25. The highest BCUT2D eigenvalue weighted by Gasteiger charge is 2.19. The first-order valence-electron chi connectivity index (χ1n) is 8.78. The van der Waals surface area contributed by atoms with Gasteiger partial charge < -0.3 is 5.32 Å². The lowest BCUT2D eigenvalue weighted by molar-refractivity contribution is 0.0945. The van der Waals surface area contributed by atoms with Gasteiger partial charge in [-0.25, -0.2) is 0 Å². The molecule has 0 unspecified atom stereocenters. The van der Waals surface area contributed by atoms with Crippen LogP contribution in [0.15, 0.2) is 28.7 Å². The summed E-state index contributed by atoms with van der Waals surface area (Å²) in [6.07, 6.45) is 0. The largest absolute Gasteiger partial charge is 0.347 e. The second-order valence-electron chi connectivity index (χ2n) is 6.37. The third kappa shape index (κ3) is 4.92. The van der Waals surface area contributed by atoms with Crippen LogP contribution in [0.1, 0.15) is 60.9 Å². The Labute approximate surface area is 158 Å². The Hall–Kier alpha value is -1.66. The molecule has 25 heavy (non-hydrogen) atoms. The van der Waals surface area contributed by atoms with E-state index in [1.807, 2.05) is 12.1 Å². The van der Waals surface area contributed by atoms with E-state index in [9.17, 15) is 4.79 Å². The molecule has 0 aliphatic rings. The molecule has 1 heterocycles. The number of aromatic amines is 1. The second kappa shape index (κ2) is 9.15. The van der Waals surface area contributed by atoms with Crippen LogP contribution >= 0.6 is 15.9 Å². The zero-order valence-corrected chi connectivity index (χ0v) is 17.0. The Morgan fingerprint density at radius 3 is 2.44 bits per heavy atom. The predicted molar refractivity (Wildman–Crippen MR) is 105 cm³/mol. The Morgan fingerprint density at radius 1 is 1.24 bits per heavy atom. The van der Waals surface area contributed by atoms with Gasteiger partial charge in [-0.05, 0) is 46.1 Å². The standard InChI is InChI=1S/C19H27BrN4O/c1-5-24(6-2)12-15-10-8-7-9-14(15)11-21-19(25)18-16(20)17(13(3)4)22-23-18/h7-10,13H,5-6,11-12H2,1-4H3,(H,21,25)(H,22,23). The van der Waals surface area contributed by atoms with Crippen LogP contribution in [-0.2, 0) is 13.1 Å². The summed E-state index contributed by atoms with van der Waals surface area (Å²) in [4.78, 5) is 14.8. The normalized spacial score (nSPS) is 11.3. The molecule has 2 rings (SSSR count). The zero-order chi connectivity index (χ0) is 18.4. The highest BCUT2D eigenvalue weighted by molar-refractivity contribution is 9.10. The summed E-state index contributed by atoms with van der Waals surface area (Å²) in [6.45, 7) is 11.8. The molecule has 1 aromatic carbocycles. The fourth-order valence-electron chi connectivity index (χ4n) is 2.71. The molecular weight excluding hydrogens is 380 g/mol. The van der Waals surface area contributed by atoms with Crippen LogP contribution in [0.25, 0.3) is 0 Å². The summed E-state index contributed by atoms with van der Waals surface area (Å²) in [5, 5.41) is 10.1. The molecule has 0 aliphatic heterocycles. The first kappa shape index (κ1) is 19.7. The number of halogens is 1. The van der Waals surface area contributed by atoms with E-state index in [1.165, 1.54) is 5.56 Å². The van der Waals surface area contributed by atoms with Crippen molar-refractivity contribution in [3.8, 4) is 0 Å². The molecule has 0 saturated heterocycles. The average molecular weight is 407 g/mol. The Morgan fingerprint density at radius 2 is 1.88 bits per heavy atom. The SMILES string of the molecule is CCN(CC)Cc1ccccc1CNC(=O)c1n[nH]c(C(C)C)c1Br. The number of hydrogen-bond donors (Lipinski definition) is 2. The van der Waals surface area contributed by atoms with Crippen molar-refractivity contribution in [3.05, 3.63) is 51.3 Å². The molecule has 2 N–H and O–H groups in total. The minimum atomic E-state index is -0.173. The van der Waals surface area contributed by atoms with E-state index in [-0.39, 0.29) is 11.8 Å². The van der Waals surface area contributed by atoms with Crippen LogP contribution in [-0.4, -0.2) is 34.1 Å². The fraction of sp³-hybridized carbons (Fsp3) is 0.474. The summed E-state index contributed by atoms with van der Waals surface area (Å²) in [7, 11) is 0. The minimum absolute atomic E-state index is 0.173. The van der Waals surface area contributed by atoms with Crippen molar-refractivity contribution >= 4 is 21.8 Å². The maximum atomic E-state index is 12.5. The zero-order valence-electron chi connectivity index (χ0n) is 15.4. The number of carbonyl (C=O) groups is 1. The topological polar surface area (TPSA) is 61.0 Å². The first-order chi connectivity index (χ1) is 12.0. The van der Waals surface area contributed by atoms with Crippen LogP contribution < -0.4 is 5.32 Å². The van der Waals surface area contributed by atoms with Gasteiger partial charge >= 0.3 is 0 Å². The van der Waals surface area contributed by atoms with Gasteiger partial charge in [-0.2, -0.15) is 5.10 Å². The molecule has 0 bridgehead atoms. The van der Waals surface area contributed by atoms with Crippen molar-refractivity contribution in [1.82, 2.24) is 20.4 Å². The maximum Gasteiger partial charge on any atom is 0.273 e. The number of amides is 1. The average Bonchev–Trinajstić information content (AvgIpc) is 3.00. The molecule has 0 spiro atoms. The van der Waals surface area contributed by atoms with E-state index < -0.39 is 0 Å².